The van der Waals surface area contributed by atoms with Gasteiger partial charge in [-0.05, 0) is 24.6 Å². The summed E-state index contributed by atoms with van der Waals surface area (Å²) in [6, 6.07) is 5.10. The smallest absolute Gasteiger partial charge is 0.289 e. The molecule has 0 unspecified atom stereocenters. The normalized spacial score (nSPS) is 10.3. The van der Waals surface area contributed by atoms with E-state index >= 15 is 0 Å². The molecule has 2 aromatic rings. The summed E-state index contributed by atoms with van der Waals surface area (Å²) in [5, 5.41) is 21.6. The van der Waals surface area contributed by atoms with E-state index in [4.69, 9.17) is 34.8 Å². The van der Waals surface area contributed by atoms with Gasteiger partial charge in [0.15, 0.2) is 0 Å². The van der Waals surface area contributed by atoms with Gasteiger partial charge in [-0.15, -0.1) is 0 Å². The first-order valence-electron chi connectivity index (χ1n) is 6.30. The summed E-state index contributed by atoms with van der Waals surface area (Å²) in [5.74, 6) is 0. The van der Waals surface area contributed by atoms with Crippen LogP contribution in [-0.2, 0) is 0 Å². The first-order chi connectivity index (χ1) is 11.2. The van der Waals surface area contributed by atoms with E-state index in [0.717, 1.165) is 6.07 Å². The van der Waals surface area contributed by atoms with Crippen LogP contribution in [0.5, 0.6) is 0 Å². The number of nitrogens with one attached hydrogen (secondary N) is 2. The van der Waals surface area contributed by atoms with Crippen LogP contribution in [0.2, 0.25) is 15.1 Å². The summed E-state index contributed by atoms with van der Waals surface area (Å²) in [4.78, 5) is 20.4. The minimum atomic E-state index is -0.647. The fraction of sp³-hybridized carbons (Fsp3) is 0.0769. The van der Waals surface area contributed by atoms with E-state index in [1.165, 1.54) is 18.2 Å². The maximum atomic E-state index is 10.8. The van der Waals surface area contributed by atoms with E-state index in [1.807, 2.05) is 0 Å². The molecule has 11 heteroatoms. The van der Waals surface area contributed by atoms with E-state index in [-0.39, 0.29) is 26.4 Å². The van der Waals surface area contributed by atoms with Crippen molar-refractivity contribution in [3.8, 4) is 0 Å². The number of nitro groups is 2. The zero-order valence-corrected chi connectivity index (χ0v) is 14.2. The highest BCUT2D eigenvalue weighted by Crippen LogP contribution is 2.35. The molecule has 0 aliphatic heterocycles. The fourth-order valence-electron chi connectivity index (χ4n) is 1.85. The Labute approximate surface area is 150 Å². The molecule has 0 heterocycles. The third-order valence-corrected chi connectivity index (χ3v) is 3.97. The molecule has 0 saturated carbocycles. The van der Waals surface area contributed by atoms with Gasteiger partial charge in [-0.25, -0.2) is 0 Å². The highest BCUT2D eigenvalue weighted by atomic mass is 35.5. The number of hydrogen-bond donors (Lipinski definition) is 2. The van der Waals surface area contributed by atoms with Crippen molar-refractivity contribution >= 4 is 57.6 Å². The van der Waals surface area contributed by atoms with Gasteiger partial charge in [0.05, 0.1) is 26.2 Å². The summed E-state index contributed by atoms with van der Waals surface area (Å²) in [7, 11) is 0. The third kappa shape index (κ3) is 3.78. The van der Waals surface area contributed by atoms with Gasteiger partial charge < -0.3 is 5.43 Å². The topological polar surface area (TPSA) is 110 Å². The Morgan fingerprint density at radius 3 is 1.79 bits per heavy atom. The van der Waals surface area contributed by atoms with Gasteiger partial charge in [0.25, 0.3) is 11.4 Å². The molecule has 0 radical (unpaired) electrons. The number of nitro benzene ring substituents is 2. The average Bonchev–Trinajstić information content (AvgIpc) is 2.49. The number of aryl methyl sites for hydroxylation is 1. The SMILES string of the molecule is Cc1cc([N+](=O)[O-])c(Cl)cc1NNc1cc(Cl)c([N+](=O)[O-])cc1Cl. The van der Waals surface area contributed by atoms with E-state index in [2.05, 4.69) is 10.9 Å². The predicted molar refractivity (Wildman–Crippen MR) is 93.2 cm³/mol. The highest BCUT2D eigenvalue weighted by molar-refractivity contribution is 6.36. The zero-order chi connectivity index (χ0) is 18.0. The highest BCUT2D eigenvalue weighted by Gasteiger charge is 2.17. The van der Waals surface area contributed by atoms with Crippen molar-refractivity contribution in [3.05, 3.63) is 65.1 Å². The van der Waals surface area contributed by atoms with E-state index in [0.29, 0.717) is 16.9 Å². The standard InChI is InChI=1S/C13H9Cl3N4O4/c1-6-2-12(19(21)22)8(15)3-10(6)17-18-11-4-9(16)13(20(23)24)5-7(11)14/h2-5,17-18H,1H3. The number of anilines is 2. The molecule has 0 saturated heterocycles. The second kappa shape index (κ2) is 7.08. The van der Waals surface area contributed by atoms with Crippen molar-refractivity contribution in [2.75, 3.05) is 10.9 Å². The van der Waals surface area contributed by atoms with Gasteiger partial charge in [0.1, 0.15) is 10.0 Å². The molecule has 24 heavy (non-hydrogen) atoms. The van der Waals surface area contributed by atoms with Gasteiger partial charge in [0.2, 0.25) is 0 Å². The predicted octanol–water partition coefficient (Wildman–Crippen LogP) is 5.21. The van der Waals surface area contributed by atoms with Crippen molar-refractivity contribution in [2.24, 2.45) is 0 Å². The van der Waals surface area contributed by atoms with Crippen LogP contribution in [0, 0.1) is 27.2 Å². The van der Waals surface area contributed by atoms with E-state index in [1.54, 1.807) is 6.92 Å². The van der Waals surface area contributed by atoms with Crippen molar-refractivity contribution in [1.29, 1.82) is 0 Å². The second-order valence-corrected chi connectivity index (χ2v) is 5.89. The molecular weight excluding hydrogens is 383 g/mol. The summed E-state index contributed by atoms with van der Waals surface area (Å²) < 4.78 is 0. The largest absolute Gasteiger partial charge is 0.301 e. The second-order valence-electron chi connectivity index (χ2n) is 4.67. The Morgan fingerprint density at radius 1 is 0.792 bits per heavy atom. The lowest BCUT2D eigenvalue weighted by Gasteiger charge is -2.14. The van der Waals surface area contributed by atoms with Gasteiger partial charge in [-0.3, -0.25) is 25.7 Å². The van der Waals surface area contributed by atoms with Crippen molar-refractivity contribution < 1.29 is 9.85 Å². The summed E-state index contributed by atoms with van der Waals surface area (Å²) >= 11 is 17.7. The molecule has 0 amide bonds. The van der Waals surface area contributed by atoms with Crippen LogP contribution in [0.25, 0.3) is 0 Å². The summed E-state index contributed by atoms with van der Waals surface area (Å²) in [6.07, 6.45) is 0. The lowest BCUT2D eigenvalue weighted by Crippen LogP contribution is -2.10. The maximum absolute atomic E-state index is 10.8. The minimum absolute atomic E-state index is 0.0391. The Morgan fingerprint density at radius 2 is 1.25 bits per heavy atom. The first-order valence-corrected chi connectivity index (χ1v) is 7.44. The maximum Gasteiger partial charge on any atom is 0.289 e. The number of halogens is 3. The van der Waals surface area contributed by atoms with Crippen LogP contribution in [0.4, 0.5) is 22.7 Å². The van der Waals surface area contributed by atoms with Crippen LogP contribution in [-0.4, -0.2) is 9.85 Å². The van der Waals surface area contributed by atoms with Crippen LogP contribution in [0.15, 0.2) is 24.3 Å². The molecule has 0 atom stereocenters. The van der Waals surface area contributed by atoms with Crippen molar-refractivity contribution in [3.63, 3.8) is 0 Å². The van der Waals surface area contributed by atoms with Gasteiger partial charge in [-0.1, -0.05) is 34.8 Å². The van der Waals surface area contributed by atoms with Gasteiger partial charge >= 0.3 is 0 Å². The van der Waals surface area contributed by atoms with Gasteiger partial charge in [-0.2, -0.15) is 0 Å². The quantitative estimate of drug-likeness (QED) is 0.534. The zero-order valence-electron chi connectivity index (χ0n) is 12.0. The summed E-state index contributed by atoms with van der Waals surface area (Å²) in [5.41, 5.74) is 6.31. The number of rotatable bonds is 5. The lowest BCUT2D eigenvalue weighted by molar-refractivity contribution is -0.384. The number of hydrazine groups is 1. The Hall–Kier alpha value is -2.29. The molecular formula is C13H9Cl3N4O4. The van der Waals surface area contributed by atoms with Crippen molar-refractivity contribution in [2.45, 2.75) is 6.92 Å². The Bertz CT molecular complexity index is 775. The molecule has 0 aromatic heterocycles. The molecule has 0 fully saturated rings. The van der Waals surface area contributed by atoms with Gasteiger partial charge in [0, 0.05) is 12.1 Å². The Balaban J connectivity index is 2.26. The number of hydrogen-bond acceptors (Lipinski definition) is 6. The lowest BCUT2D eigenvalue weighted by atomic mass is 10.2. The first kappa shape index (κ1) is 18.1. The monoisotopic (exact) mass is 390 g/mol. The molecule has 0 aliphatic carbocycles. The van der Waals surface area contributed by atoms with Crippen LogP contribution >= 0.6 is 34.8 Å². The van der Waals surface area contributed by atoms with Crippen molar-refractivity contribution in [1.82, 2.24) is 0 Å². The fourth-order valence-corrected chi connectivity index (χ4v) is 2.52. The molecule has 0 bridgehead atoms. The third-order valence-electron chi connectivity index (χ3n) is 3.06. The Kier molecular flexibility index (Phi) is 5.33. The van der Waals surface area contributed by atoms with Crippen LogP contribution < -0.4 is 10.9 Å². The molecule has 8 nitrogen and oxygen atoms in total. The van der Waals surface area contributed by atoms with Crippen LogP contribution in [0.1, 0.15) is 5.56 Å². The molecule has 0 spiro atoms. The number of benzene rings is 2. The van der Waals surface area contributed by atoms with E-state index in [9.17, 15) is 20.2 Å². The minimum Gasteiger partial charge on any atom is -0.301 e. The number of nitrogens with zero attached hydrogens (tertiary/aromatic N) is 2. The average molecular weight is 392 g/mol. The molecule has 126 valence electrons. The molecule has 0 aliphatic rings. The molecule has 2 N–H and O–H groups in total. The molecule has 2 rings (SSSR count). The summed E-state index contributed by atoms with van der Waals surface area (Å²) in [6.45, 7) is 1.65. The molecule has 2 aromatic carbocycles. The van der Waals surface area contributed by atoms with Crippen LogP contribution in [0.3, 0.4) is 0 Å². The van der Waals surface area contributed by atoms with E-state index < -0.39 is 9.85 Å².